The highest BCUT2D eigenvalue weighted by atomic mass is 16.7. The molecular weight excluding hydrogens is 520 g/mol. The molecule has 0 aliphatic carbocycles. The lowest BCUT2D eigenvalue weighted by Gasteiger charge is -2.20. The number of carbonyl (C=O) groups excluding carboxylic acids is 2. The minimum Gasteiger partial charge on any atom is -0.465 e. The fourth-order valence-corrected chi connectivity index (χ4v) is 4.95. The van der Waals surface area contributed by atoms with E-state index in [1.165, 1.54) is 89.9 Å². The molecule has 0 aromatic rings. The van der Waals surface area contributed by atoms with Gasteiger partial charge in [-0.2, -0.15) is 0 Å². The molecule has 1 fully saturated rings. The van der Waals surface area contributed by atoms with Gasteiger partial charge in [0.15, 0.2) is 6.29 Å². The number of hydrogen-bond acceptors (Lipinski definition) is 7. The summed E-state index contributed by atoms with van der Waals surface area (Å²) in [4.78, 5) is 26.8. The summed E-state index contributed by atoms with van der Waals surface area (Å²) < 4.78 is 22.8. The number of likely N-dealkylation sites (tertiary alicyclic amines) is 1. The van der Waals surface area contributed by atoms with E-state index in [0.717, 1.165) is 32.5 Å². The molecule has 1 heterocycles. The second-order valence-electron chi connectivity index (χ2n) is 11.8. The standard InChI is InChI=1S/C33H64N2O6/c1-4-6-8-10-14-18-26-38-32(39-27-19-15-11-9-7-5-2)21-20-31(36)40-28-30(3)29-41-33(37)34-22-25-35-23-16-12-13-17-24-35/h30,32H,4-29H2,1-3H3,(H,34,37). The van der Waals surface area contributed by atoms with Crippen LogP contribution < -0.4 is 5.32 Å². The van der Waals surface area contributed by atoms with E-state index in [-0.39, 0.29) is 37.8 Å². The molecule has 1 unspecified atom stereocenters. The first kappa shape index (κ1) is 37.6. The van der Waals surface area contributed by atoms with Crippen molar-refractivity contribution in [2.24, 2.45) is 5.92 Å². The minimum atomic E-state index is -0.411. The van der Waals surface area contributed by atoms with Crippen LogP contribution in [0.15, 0.2) is 0 Å². The van der Waals surface area contributed by atoms with Crippen LogP contribution in [0.2, 0.25) is 0 Å². The molecule has 0 saturated carbocycles. The highest BCUT2D eigenvalue weighted by Gasteiger charge is 2.16. The molecule has 8 nitrogen and oxygen atoms in total. The average Bonchev–Trinajstić information content (AvgIpc) is 3.25. The van der Waals surface area contributed by atoms with Crippen LogP contribution in [0.5, 0.6) is 0 Å². The fraction of sp³-hybridized carbons (Fsp3) is 0.939. The molecule has 8 heteroatoms. The first-order valence-corrected chi connectivity index (χ1v) is 17.1. The quantitative estimate of drug-likeness (QED) is 0.0635. The second kappa shape index (κ2) is 27.5. The van der Waals surface area contributed by atoms with E-state index >= 15 is 0 Å². The third-order valence-corrected chi connectivity index (χ3v) is 7.61. The van der Waals surface area contributed by atoms with Crippen molar-refractivity contribution in [3.63, 3.8) is 0 Å². The molecule has 0 aromatic carbocycles. The van der Waals surface area contributed by atoms with Gasteiger partial charge in [0.05, 0.1) is 19.6 Å². The third kappa shape index (κ3) is 23.8. The molecule has 1 rings (SSSR count). The van der Waals surface area contributed by atoms with Gasteiger partial charge in [-0.05, 0) is 38.8 Å². The zero-order valence-corrected chi connectivity index (χ0v) is 26.9. The third-order valence-electron chi connectivity index (χ3n) is 7.61. The van der Waals surface area contributed by atoms with Gasteiger partial charge in [-0.1, -0.05) is 97.8 Å². The van der Waals surface area contributed by atoms with Gasteiger partial charge in [-0.25, -0.2) is 4.79 Å². The fourth-order valence-electron chi connectivity index (χ4n) is 4.95. The largest absolute Gasteiger partial charge is 0.465 e. The Bertz CT molecular complexity index is 595. The van der Waals surface area contributed by atoms with Crippen LogP contribution in [-0.4, -0.2) is 75.9 Å². The number of carbonyl (C=O) groups is 2. The summed E-state index contributed by atoms with van der Waals surface area (Å²) in [6.07, 6.45) is 19.6. The lowest BCUT2D eigenvalue weighted by atomic mass is 10.1. The molecule has 1 saturated heterocycles. The number of rotatable bonds is 26. The van der Waals surface area contributed by atoms with Crippen LogP contribution in [0.25, 0.3) is 0 Å². The van der Waals surface area contributed by atoms with Crippen molar-refractivity contribution in [3.05, 3.63) is 0 Å². The van der Waals surface area contributed by atoms with Gasteiger partial charge in [-0.15, -0.1) is 0 Å². The number of hydrogen-bond donors (Lipinski definition) is 1. The molecule has 242 valence electrons. The Balaban J connectivity index is 2.20. The summed E-state index contributed by atoms with van der Waals surface area (Å²) in [6, 6.07) is 0. The second-order valence-corrected chi connectivity index (χ2v) is 11.8. The van der Waals surface area contributed by atoms with Crippen molar-refractivity contribution in [1.29, 1.82) is 0 Å². The van der Waals surface area contributed by atoms with Gasteiger partial charge in [0.1, 0.15) is 0 Å². The Kier molecular flexibility index (Phi) is 25.2. The molecule has 1 N–H and O–H groups in total. The summed E-state index contributed by atoms with van der Waals surface area (Å²) in [7, 11) is 0. The van der Waals surface area contributed by atoms with E-state index in [9.17, 15) is 9.59 Å². The molecule has 1 aliphatic heterocycles. The Morgan fingerprint density at radius 3 is 1.85 bits per heavy atom. The maximum Gasteiger partial charge on any atom is 0.407 e. The average molecular weight is 585 g/mol. The summed E-state index contributed by atoms with van der Waals surface area (Å²) in [5.74, 6) is -0.339. The summed E-state index contributed by atoms with van der Waals surface area (Å²) in [6.45, 7) is 11.8. The van der Waals surface area contributed by atoms with Crippen molar-refractivity contribution in [1.82, 2.24) is 10.2 Å². The number of unbranched alkanes of at least 4 members (excludes halogenated alkanes) is 10. The molecule has 0 aromatic heterocycles. The van der Waals surface area contributed by atoms with Crippen LogP contribution in [0.4, 0.5) is 4.79 Å². The first-order chi connectivity index (χ1) is 20.0. The van der Waals surface area contributed by atoms with Gasteiger partial charge >= 0.3 is 12.1 Å². The van der Waals surface area contributed by atoms with Gasteiger partial charge in [-0.3, -0.25) is 4.79 Å². The molecular formula is C33H64N2O6. The predicted molar refractivity (Wildman–Crippen MR) is 166 cm³/mol. The normalized spacial score (nSPS) is 15.0. The van der Waals surface area contributed by atoms with Crippen LogP contribution in [0.1, 0.15) is 136 Å². The maximum absolute atomic E-state index is 12.4. The number of amides is 1. The van der Waals surface area contributed by atoms with Gasteiger partial charge in [0.2, 0.25) is 0 Å². The Morgan fingerprint density at radius 1 is 0.732 bits per heavy atom. The van der Waals surface area contributed by atoms with Crippen LogP contribution in [0.3, 0.4) is 0 Å². The van der Waals surface area contributed by atoms with Crippen molar-refractivity contribution in [3.8, 4) is 0 Å². The van der Waals surface area contributed by atoms with Gasteiger partial charge in [0.25, 0.3) is 0 Å². The number of alkyl carbamates (subject to hydrolysis) is 1. The van der Waals surface area contributed by atoms with E-state index in [4.69, 9.17) is 18.9 Å². The maximum atomic E-state index is 12.4. The number of nitrogens with one attached hydrogen (secondary N) is 1. The van der Waals surface area contributed by atoms with E-state index in [1.807, 2.05) is 6.92 Å². The smallest absolute Gasteiger partial charge is 0.407 e. The zero-order chi connectivity index (χ0) is 29.8. The Morgan fingerprint density at radius 2 is 1.27 bits per heavy atom. The Labute approximate surface area is 251 Å². The molecule has 1 amide bonds. The predicted octanol–water partition coefficient (Wildman–Crippen LogP) is 7.63. The lowest BCUT2D eigenvalue weighted by molar-refractivity contribution is -0.160. The lowest BCUT2D eigenvalue weighted by Crippen LogP contribution is -2.36. The summed E-state index contributed by atoms with van der Waals surface area (Å²) in [5, 5.41) is 2.83. The molecule has 1 aliphatic rings. The highest BCUT2D eigenvalue weighted by Crippen LogP contribution is 2.12. The summed E-state index contributed by atoms with van der Waals surface area (Å²) in [5.41, 5.74) is 0. The van der Waals surface area contributed by atoms with Crippen molar-refractivity contribution in [2.45, 2.75) is 143 Å². The number of esters is 1. The van der Waals surface area contributed by atoms with E-state index < -0.39 is 6.09 Å². The van der Waals surface area contributed by atoms with E-state index in [1.54, 1.807) is 0 Å². The minimum absolute atomic E-state index is 0.0704. The molecule has 41 heavy (non-hydrogen) atoms. The number of nitrogens with zero attached hydrogens (tertiary/aromatic N) is 1. The van der Waals surface area contributed by atoms with E-state index in [0.29, 0.717) is 26.2 Å². The monoisotopic (exact) mass is 584 g/mol. The molecule has 0 bridgehead atoms. The van der Waals surface area contributed by atoms with Crippen LogP contribution in [0, 0.1) is 5.92 Å². The topological polar surface area (TPSA) is 86.3 Å². The molecule has 0 radical (unpaired) electrons. The van der Waals surface area contributed by atoms with Gasteiger partial charge < -0.3 is 29.2 Å². The molecule has 0 spiro atoms. The van der Waals surface area contributed by atoms with Gasteiger partial charge in [0, 0.05) is 38.6 Å². The summed E-state index contributed by atoms with van der Waals surface area (Å²) >= 11 is 0. The number of ether oxygens (including phenoxy) is 4. The van der Waals surface area contributed by atoms with Crippen LogP contribution >= 0.6 is 0 Å². The van der Waals surface area contributed by atoms with E-state index in [2.05, 4.69) is 24.1 Å². The zero-order valence-electron chi connectivity index (χ0n) is 26.9. The van der Waals surface area contributed by atoms with Crippen molar-refractivity contribution >= 4 is 12.1 Å². The highest BCUT2D eigenvalue weighted by molar-refractivity contribution is 5.69. The van der Waals surface area contributed by atoms with Crippen molar-refractivity contribution < 1.29 is 28.5 Å². The Hall–Kier alpha value is -1.38. The first-order valence-electron chi connectivity index (χ1n) is 17.1. The van der Waals surface area contributed by atoms with Crippen molar-refractivity contribution in [2.75, 3.05) is 52.6 Å². The SMILES string of the molecule is CCCCCCCCOC(CCC(=O)OCC(C)COC(=O)NCCN1CCCCCC1)OCCCCCCCC. The van der Waals surface area contributed by atoms with Crippen LogP contribution in [-0.2, 0) is 23.7 Å². The molecule has 1 atom stereocenters.